The van der Waals surface area contributed by atoms with Crippen LogP contribution in [0.5, 0.6) is 0 Å². The second-order valence-electron chi connectivity index (χ2n) is 6.86. The Kier molecular flexibility index (Phi) is 5.68. The molecular weight excluding hydrogens is 321 g/mol. The number of piperazine rings is 1. The molecule has 2 fully saturated rings. The number of carbonyl (C=O) groups excluding carboxylic acids is 2. The van der Waals surface area contributed by atoms with Gasteiger partial charge in [-0.3, -0.25) is 14.5 Å². The first-order chi connectivity index (χ1) is 12.1. The number of likely N-dealkylation sites (tertiary alicyclic amines) is 1. The lowest BCUT2D eigenvalue weighted by Gasteiger charge is -2.48. The van der Waals surface area contributed by atoms with Crippen molar-refractivity contribution in [2.75, 3.05) is 32.7 Å². The van der Waals surface area contributed by atoms with Gasteiger partial charge < -0.3 is 9.80 Å². The van der Waals surface area contributed by atoms with E-state index in [0.29, 0.717) is 31.2 Å². The highest BCUT2D eigenvalue weighted by Gasteiger charge is 2.37. The fourth-order valence-corrected chi connectivity index (χ4v) is 4.10. The van der Waals surface area contributed by atoms with Gasteiger partial charge in [-0.25, -0.2) is 4.39 Å². The Labute approximate surface area is 148 Å². The first-order valence-corrected chi connectivity index (χ1v) is 9.14. The van der Waals surface area contributed by atoms with E-state index in [4.69, 9.17) is 0 Å². The number of amides is 2. The third-order valence-electron chi connectivity index (χ3n) is 5.49. The molecule has 25 heavy (non-hydrogen) atoms. The molecule has 2 atom stereocenters. The van der Waals surface area contributed by atoms with Crippen molar-refractivity contribution in [3.8, 4) is 0 Å². The number of carbonyl (C=O) groups is 2. The van der Waals surface area contributed by atoms with Gasteiger partial charge in [-0.2, -0.15) is 0 Å². The Bertz CT molecular complexity index is 607. The Morgan fingerprint density at radius 3 is 2.60 bits per heavy atom. The van der Waals surface area contributed by atoms with Gasteiger partial charge in [0.2, 0.25) is 6.41 Å². The van der Waals surface area contributed by atoms with Crippen LogP contribution in [-0.4, -0.2) is 71.8 Å². The van der Waals surface area contributed by atoms with Crippen molar-refractivity contribution in [1.82, 2.24) is 14.7 Å². The number of rotatable bonds is 4. The van der Waals surface area contributed by atoms with Crippen LogP contribution in [0.1, 0.15) is 36.5 Å². The van der Waals surface area contributed by atoms with Crippen LogP contribution >= 0.6 is 0 Å². The van der Waals surface area contributed by atoms with E-state index in [1.54, 1.807) is 4.90 Å². The maximum Gasteiger partial charge on any atom is 0.253 e. The molecule has 0 aromatic heterocycles. The van der Waals surface area contributed by atoms with Gasteiger partial charge in [0.15, 0.2) is 0 Å². The van der Waals surface area contributed by atoms with Crippen molar-refractivity contribution in [2.45, 2.75) is 38.3 Å². The van der Waals surface area contributed by atoms with E-state index in [1.165, 1.54) is 30.7 Å². The zero-order chi connectivity index (χ0) is 17.8. The number of piperidine rings is 1. The third kappa shape index (κ3) is 3.84. The van der Waals surface area contributed by atoms with E-state index < -0.39 is 0 Å². The van der Waals surface area contributed by atoms with E-state index in [2.05, 4.69) is 11.8 Å². The normalized spacial score (nSPS) is 25.0. The molecule has 5 nitrogen and oxygen atoms in total. The zero-order valence-electron chi connectivity index (χ0n) is 14.7. The summed E-state index contributed by atoms with van der Waals surface area (Å²) in [5.41, 5.74) is 0.496. The molecule has 1 aromatic carbocycles. The topological polar surface area (TPSA) is 43.9 Å². The standard InChI is InChI=1S/C19H26FN3O2/c1-2-21-10-4-3-5-17(21)18-13-22(11-12-23(18)14-24)19(25)15-6-8-16(20)9-7-15/h6-9,14,17-18H,2-5,10-13H2,1H3/t17-,18?/m0/s1. The molecule has 0 aliphatic carbocycles. The molecule has 2 aliphatic rings. The molecule has 3 rings (SSSR count). The summed E-state index contributed by atoms with van der Waals surface area (Å²) in [5.74, 6) is -0.435. The number of likely N-dealkylation sites (N-methyl/N-ethyl adjacent to an activating group) is 1. The van der Waals surface area contributed by atoms with Crippen molar-refractivity contribution >= 4 is 12.3 Å². The maximum absolute atomic E-state index is 13.1. The van der Waals surface area contributed by atoms with Crippen LogP contribution < -0.4 is 0 Å². The fourth-order valence-electron chi connectivity index (χ4n) is 4.10. The lowest BCUT2D eigenvalue weighted by molar-refractivity contribution is -0.124. The summed E-state index contributed by atoms with van der Waals surface area (Å²) in [6, 6.07) is 6.00. The molecular formula is C19H26FN3O2. The minimum absolute atomic E-state index is 0.0240. The summed E-state index contributed by atoms with van der Waals surface area (Å²) in [4.78, 5) is 30.4. The molecule has 0 saturated carbocycles. The van der Waals surface area contributed by atoms with Crippen molar-refractivity contribution in [1.29, 1.82) is 0 Å². The second-order valence-corrected chi connectivity index (χ2v) is 6.86. The van der Waals surface area contributed by atoms with Gasteiger partial charge in [0.25, 0.3) is 5.91 Å². The summed E-state index contributed by atoms with van der Waals surface area (Å²) in [5, 5.41) is 0. The monoisotopic (exact) mass is 347 g/mol. The predicted octanol–water partition coefficient (Wildman–Crippen LogP) is 1.98. The largest absolute Gasteiger partial charge is 0.337 e. The van der Waals surface area contributed by atoms with Gasteiger partial charge in [-0.15, -0.1) is 0 Å². The van der Waals surface area contributed by atoms with Crippen LogP contribution in [0.2, 0.25) is 0 Å². The van der Waals surface area contributed by atoms with Crippen molar-refractivity contribution in [3.63, 3.8) is 0 Å². The Balaban J connectivity index is 1.76. The van der Waals surface area contributed by atoms with E-state index >= 15 is 0 Å². The van der Waals surface area contributed by atoms with Gasteiger partial charge in [0.05, 0.1) is 6.04 Å². The van der Waals surface area contributed by atoms with Gasteiger partial charge in [-0.1, -0.05) is 13.3 Å². The summed E-state index contributed by atoms with van der Waals surface area (Å²) in [6.45, 7) is 5.76. The summed E-state index contributed by atoms with van der Waals surface area (Å²) < 4.78 is 13.1. The average molecular weight is 347 g/mol. The summed E-state index contributed by atoms with van der Waals surface area (Å²) in [7, 11) is 0. The van der Waals surface area contributed by atoms with Crippen LogP contribution in [0.4, 0.5) is 4.39 Å². The lowest BCUT2D eigenvalue weighted by atomic mass is 9.93. The van der Waals surface area contributed by atoms with Crippen LogP contribution in [0.15, 0.2) is 24.3 Å². The van der Waals surface area contributed by atoms with E-state index in [0.717, 1.165) is 32.3 Å². The molecule has 0 bridgehead atoms. The molecule has 0 radical (unpaired) electrons. The first kappa shape index (κ1) is 17.9. The number of halogens is 1. The highest BCUT2D eigenvalue weighted by molar-refractivity contribution is 5.94. The lowest BCUT2D eigenvalue weighted by Crippen LogP contribution is -2.62. The molecule has 6 heteroatoms. The number of benzene rings is 1. The summed E-state index contributed by atoms with van der Waals surface area (Å²) >= 11 is 0. The van der Waals surface area contributed by atoms with Gasteiger partial charge >= 0.3 is 0 Å². The molecule has 1 unspecified atom stereocenters. The summed E-state index contributed by atoms with van der Waals surface area (Å²) in [6.07, 6.45) is 4.33. The maximum atomic E-state index is 13.1. The Morgan fingerprint density at radius 2 is 1.92 bits per heavy atom. The van der Waals surface area contributed by atoms with Gasteiger partial charge in [0, 0.05) is 31.2 Å². The molecule has 1 aromatic rings. The quantitative estimate of drug-likeness (QED) is 0.783. The minimum atomic E-state index is -0.346. The van der Waals surface area contributed by atoms with Crippen LogP contribution in [0.3, 0.4) is 0 Å². The van der Waals surface area contributed by atoms with Crippen molar-refractivity contribution in [2.24, 2.45) is 0 Å². The van der Waals surface area contributed by atoms with E-state index in [1.807, 2.05) is 4.90 Å². The molecule has 2 aliphatic heterocycles. The highest BCUT2D eigenvalue weighted by Crippen LogP contribution is 2.25. The molecule has 2 amide bonds. The average Bonchev–Trinajstić information content (AvgIpc) is 2.67. The molecule has 0 N–H and O–H groups in total. The molecule has 2 saturated heterocycles. The minimum Gasteiger partial charge on any atom is -0.337 e. The van der Waals surface area contributed by atoms with Gasteiger partial charge in [-0.05, 0) is 50.2 Å². The number of hydrogen-bond acceptors (Lipinski definition) is 3. The fraction of sp³-hybridized carbons (Fsp3) is 0.579. The predicted molar refractivity (Wildman–Crippen MR) is 93.7 cm³/mol. The first-order valence-electron chi connectivity index (χ1n) is 9.14. The van der Waals surface area contributed by atoms with Crippen LogP contribution in [0, 0.1) is 5.82 Å². The molecule has 2 heterocycles. The second kappa shape index (κ2) is 7.95. The molecule has 0 spiro atoms. The zero-order valence-corrected chi connectivity index (χ0v) is 14.7. The molecule has 136 valence electrons. The van der Waals surface area contributed by atoms with Crippen LogP contribution in [-0.2, 0) is 4.79 Å². The number of hydrogen-bond donors (Lipinski definition) is 0. The SMILES string of the molecule is CCN1CCCC[C@H]1C1CN(C(=O)c2ccc(F)cc2)CCN1C=O. The van der Waals surface area contributed by atoms with Gasteiger partial charge in [0.1, 0.15) is 5.82 Å². The Morgan fingerprint density at radius 1 is 1.16 bits per heavy atom. The highest BCUT2D eigenvalue weighted by atomic mass is 19.1. The third-order valence-corrected chi connectivity index (χ3v) is 5.49. The smallest absolute Gasteiger partial charge is 0.253 e. The van der Waals surface area contributed by atoms with Crippen molar-refractivity contribution in [3.05, 3.63) is 35.6 Å². The van der Waals surface area contributed by atoms with Crippen molar-refractivity contribution < 1.29 is 14.0 Å². The van der Waals surface area contributed by atoms with E-state index in [9.17, 15) is 14.0 Å². The number of nitrogens with zero attached hydrogens (tertiary/aromatic N) is 3. The van der Waals surface area contributed by atoms with E-state index in [-0.39, 0.29) is 17.8 Å². The Hall–Kier alpha value is -1.95. The van der Waals surface area contributed by atoms with Crippen LogP contribution in [0.25, 0.3) is 0 Å².